The lowest BCUT2D eigenvalue weighted by atomic mass is 9.94. The summed E-state index contributed by atoms with van der Waals surface area (Å²) >= 11 is 6.27. The van der Waals surface area contributed by atoms with Crippen LogP contribution in [0.1, 0.15) is 17.2 Å². The number of nitrogens with zero attached hydrogens (tertiary/aromatic N) is 1. The first-order chi connectivity index (χ1) is 11.7. The molecule has 128 valence electrons. The largest absolute Gasteiger partial charge is 0.496 e. The third kappa shape index (κ3) is 3.51. The Bertz CT molecular complexity index is 665. The van der Waals surface area contributed by atoms with E-state index in [9.17, 15) is 0 Å². The summed E-state index contributed by atoms with van der Waals surface area (Å²) < 4.78 is 11.3. The van der Waals surface area contributed by atoms with Gasteiger partial charge in [-0.1, -0.05) is 29.8 Å². The normalized spacial score (nSPS) is 16.6. The SMILES string of the molecule is COc1cccc(OC)c1C(c1cccc(Cl)c1)N1CCNCC1. The van der Waals surface area contributed by atoms with Crippen LogP contribution in [0, 0.1) is 0 Å². The van der Waals surface area contributed by atoms with Crippen molar-refractivity contribution in [2.45, 2.75) is 6.04 Å². The van der Waals surface area contributed by atoms with Crippen molar-refractivity contribution < 1.29 is 9.47 Å². The van der Waals surface area contributed by atoms with E-state index in [-0.39, 0.29) is 6.04 Å². The molecule has 24 heavy (non-hydrogen) atoms. The number of hydrogen-bond donors (Lipinski definition) is 1. The molecular weight excluding hydrogens is 324 g/mol. The van der Waals surface area contributed by atoms with Crippen LogP contribution in [-0.4, -0.2) is 45.3 Å². The second kappa shape index (κ2) is 7.88. The quantitative estimate of drug-likeness (QED) is 0.900. The highest BCUT2D eigenvalue weighted by molar-refractivity contribution is 6.30. The van der Waals surface area contributed by atoms with E-state index in [0.29, 0.717) is 0 Å². The maximum Gasteiger partial charge on any atom is 0.127 e. The van der Waals surface area contributed by atoms with Gasteiger partial charge in [-0.15, -0.1) is 0 Å². The molecule has 3 rings (SSSR count). The predicted octanol–water partition coefficient (Wildman–Crippen LogP) is 3.35. The minimum absolute atomic E-state index is 0.0388. The molecule has 0 aromatic heterocycles. The molecule has 2 aromatic carbocycles. The van der Waals surface area contributed by atoms with E-state index in [1.165, 1.54) is 0 Å². The standard InChI is InChI=1S/C19H23ClN2O2/c1-23-16-7-4-8-17(24-2)18(16)19(22-11-9-21-10-12-22)14-5-3-6-15(20)13-14/h3-8,13,19,21H,9-12H2,1-2H3. The molecule has 0 spiro atoms. The van der Waals surface area contributed by atoms with Crippen LogP contribution in [0.2, 0.25) is 5.02 Å². The van der Waals surface area contributed by atoms with Crippen molar-refractivity contribution in [1.29, 1.82) is 0 Å². The third-order valence-electron chi connectivity index (χ3n) is 4.42. The van der Waals surface area contributed by atoms with Crippen LogP contribution in [0.15, 0.2) is 42.5 Å². The van der Waals surface area contributed by atoms with Crippen molar-refractivity contribution in [3.63, 3.8) is 0 Å². The van der Waals surface area contributed by atoms with Crippen LogP contribution in [0.3, 0.4) is 0 Å². The van der Waals surface area contributed by atoms with Crippen LogP contribution in [-0.2, 0) is 0 Å². The molecule has 0 radical (unpaired) electrons. The average Bonchev–Trinajstić information content (AvgIpc) is 2.63. The van der Waals surface area contributed by atoms with Crippen molar-refractivity contribution in [3.8, 4) is 11.5 Å². The maximum absolute atomic E-state index is 6.27. The molecule has 1 unspecified atom stereocenters. The lowest BCUT2D eigenvalue weighted by Crippen LogP contribution is -2.45. The highest BCUT2D eigenvalue weighted by Gasteiger charge is 2.29. The molecule has 1 fully saturated rings. The van der Waals surface area contributed by atoms with E-state index in [0.717, 1.165) is 53.8 Å². The Morgan fingerprint density at radius 1 is 1.00 bits per heavy atom. The molecule has 0 amide bonds. The number of nitrogens with one attached hydrogen (secondary N) is 1. The zero-order valence-corrected chi connectivity index (χ0v) is 14.8. The molecule has 1 saturated heterocycles. The Balaban J connectivity index is 2.14. The summed E-state index contributed by atoms with van der Waals surface area (Å²) in [7, 11) is 3.40. The van der Waals surface area contributed by atoms with Crippen LogP contribution in [0.5, 0.6) is 11.5 Å². The lowest BCUT2D eigenvalue weighted by Gasteiger charge is -2.36. The fourth-order valence-electron chi connectivity index (χ4n) is 3.33. The van der Waals surface area contributed by atoms with Crippen LogP contribution < -0.4 is 14.8 Å². The number of halogens is 1. The van der Waals surface area contributed by atoms with Gasteiger partial charge in [0.05, 0.1) is 25.8 Å². The van der Waals surface area contributed by atoms with Gasteiger partial charge in [0.2, 0.25) is 0 Å². The van der Waals surface area contributed by atoms with Gasteiger partial charge in [0, 0.05) is 31.2 Å². The fourth-order valence-corrected chi connectivity index (χ4v) is 3.53. The van der Waals surface area contributed by atoms with E-state index in [4.69, 9.17) is 21.1 Å². The Labute approximate surface area is 148 Å². The highest BCUT2D eigenvalue weighted by Crippen LogP contribution is 2.41. The van der Waals surface area contributed by atoms with Gasteiger partial charge in [-0.3, -0.25) is 4.90 Å². The topological polar surface area (TPSA) is 33.7 Å². The summed E-state index contributed by atoms with van der Waals surface area (Å²) in [6.07, 6.45) is 0. The van der Waals surface area contributed by atoms with Gasteiger partial charge in [-0.2, -0.15) is 0 Å². The summed E-state index contributed by atoms with van der Waals surface area (Å²) in [5.74, 6) is 1.66. The van der Waals surface area contributed by atoms with Crippen molar-refractivity contribution in [2.75, 3.05) is 40.4 Å². The number of benzene rings is 2. The third-order valence-corrected chi connectivity index (χ3v) is 4.66. The second-order valence-corrected chi connectivity index (χ2v) is 6.26. The average molecular weight is 347 g/mol. The van der Waals surface area contributed by atoms with Gasteiger partial charge in [-0.25, -0.2) is 0 Å². The zero-order valence-electron chi connectivity index (χ0n) is 14.1. The number of hydrogen-bond acceptors (Lipinski definition) is 4. The molecular formula is C19H23ClN2O2. The molecule has 1 aliphatic rings. The molecule has 1 atom stereocenters. The van der Waals surface area contributed by atoms with E-state index in [2.05, 4.69) is 16.3 Å². The summed E-state index contributed by atoms with van der Waals surface area (Å²) in [6.45, 7) is 3.85. The van der Waals surface area contributed by atoms with Gasteiger partial charge >= 0.3 is 0 Å². The van der Waals surface area contributed by atoms with Crippen molar-refractivity contribution in [3.05, 3.63) is 58.6 Å². The summed E-state index contributed by atoms with van der Waals surface area (Å²) in [6, 6.07) is 14.0. The van der Waals surface area contributed by atoms with Crippen LogP contribution in [0.4, 0.5) is 0 Å². The first-order valence-electron chi connectivity index (χ1n) is 8.15. The molecule has 1 heterocycles. The number of piperazine rings is 1. The monoisotopic (exact) mass is 346 g/mol. The second-order valence-electron chi connectivity index (χ2n) is 5.82. The molecule has 5 heteroatoms. The summed E-state index contributed by atoms with van der Waals surface area (Å²) in [4.78, 5) is 2.45. The molecule has 2 aromatic rings. The van der Waals surface area contributed by atoms with E-state index >= 15 is 0 Å². The van der Waals surface area contributed by atoms with Gasteiger partial charge in [0.25, 0.3) is 0 Å². The molecule has 1 N–H and O–H groups in total. The van der Waals surface area contributed by atoms with Crippen molar-refractivity contribution in [1.82, 2.24) is 10.2 Å². The van der Waals surface area contributed by atoms with Gasteiger partial charge < -0.3 is 14.8 Å². The highest BCUT2D eigenvalue weighted by atomic mass is 35.5. The Hall–Kier alpha value is -1.75. The van der Waals surface area contributed by atoms with E-state index in [1.54, 1.807) is 14.2 Å². The van der Waals surface area contributed by atoms with Gasteiger partial charge in [-0.05, 0) is 29.8 Å². The molecule has 0 bridgehead atoms. The van der Waals surface area contributed by atoms with Crippen LogP contribution in [0.25, 0.3) is 0 Å². The smallest absolute Gasteiger partial charge is 0.127 e. The minimum Gasteiger partial charge on any atom is -0.496 e. The Morgan fingerprint density at radius 2 is 1.62 bits per heavy atom. The van der Waals surface area contributed by atoms with Gasteiger partial charge in [0.15, 0.2) is 0 Å². The molecule has 4 nitrogen and oxygen atoms in total. The summed E-state index contributed by atoms with van der Waals surface area (Å²) in [5, 5.41) is 4.15. The molecule has 0 saturated carbocycles. The molecule has 0 aliphatic carbocycles. The van der Waals surface area contributed by atoms with Crippen LogP contribution >= 0.6 is 11.6 Å². The first kappa shape index (κ1) is 17.1. The van der Waals surface area contributed by atoms with E-state index in [1.807, 2.05) is 36.4 Å². The number of rotatable bonds is 5. The van der Waals surface area contributed by atoms with Crippen molar-refractivity contribution in [2.24, 2.45) is 0 Å². The number of ether oxygens (including phenoxy) is 2. The summed E-state index contributed by atoms with van der Waals surface area (Å²) in [5.41, 5.74) is 2.19. The fraction of sp³-hybridized carbons (Fsp3) is 0.368. The van der Waals surface area contributed by atoms with Crippen molar-refractivity contribution >= 4 is 11.6 Å². The van der Waals surface area contributed by atoms with E-state index < -0.39 is 0 Å². The zero-order chi connectivity index (χ0) is 16.9. The lowest BCUT2D eigenvalue weighted by molar-refractivity contribution is 0.192. The maximum atomic E-state index is 6.27. The van der Waals surface area contributed by atoms with Gasteiger partial charge in [0.1, 0.15) is 11.5 Å². The molecule has 1 aliphatic heterocycles. The Morgan fingerprint density at radius 3 is 2.21 bits per heavy atom. The predicted molar refractivity (Wildman–Crippen MR) is 97.3 cm³/mol. The Kier molecular flexibility index (Phi) is 5.61. The first-order valence-corrected chi connectivity index (χ1v) is 8.53. The minimum atomic E-state index is 0.0388. The number of methoxy groups -OCH3 is 2.